The molecule has 1 aromatic carbocycles. The highest BCUT2D eigenvalue weighted by atomic mass is 19.1. The number of nitrogens with zero attached hydrogens (tertiary/aromatic N) is 1. The van der Waals surface area contributed by atoms with Gasteiger partial charge in [-0.05, 0) is 55.8 Å². The zero-order chi connectivity index (χ0) is 16.8. The molecule has 1 amide bonds. The number of pyridine rings is 1. The predicted octanol–water partition coefficient (Wildman–Crippen LogP) is 2.63. The van der Waals surface area contributed by atoms with Crippen LogP contribution in [0.4, 0.5) is 4.39 Å². The number of hydrogen-bond acceptors (Lipinski definition) is 4. The number of rotatable bonds is 5. The molecular weight excluding hydrogens is 309 g/mol. The van der Waals surface area contributed by atoms with Crippen LogP contribution in [0.1, 0.15) is 18.4 Å². The zero-order valence-corrected chi connectivity index (χ0v) is 13.3. The molecule has 0 radical (unpaired) electrons. The van der Waals surface area contributed by atoms with Crippen molar-refractivity contribution in [3.63, 3.8) is 0 Å². The SMILES string of the molecule is O=C(NCc1ccc(Oc2cccnc2)c(F)c1)C1CCNCC1. The minimum atomic E-state index is -0.465. The molecule has 0 atom stereocenters. The van der Waals surface area contributed by atoms with Gasteiger partial charge in [0.25, 0.3) is 0 Å². The maximum atomic E-state index is 14.1. The second kappa shape index (κ2) is 7.88. The first-order valence-electron chi connectivity index (χ1n) is 8.07. The number of benzene rings is 1. The number of piperidine rings is 1. The molecule has 2 aromatic rings. The van der Waals surface area contributed by atoms with Gasteiger partial charge in [0.2, 0.25) is 5.91 Å². The van der Waals surface area contributed by atoms with Gasteiger partial charge in [0.15, 0.2) is 11.6 Å². The predicted molar refractivity (Wildman–Crippen MR) is 88.2 cm³/mol. The number of nitrogens with one attached hydrogen (secondary N) is 2. The molecule has 0 aliphatic carbocycles. The highest BCUT2D eigenvalue weighted by molar-refractivity contribution is 5.78. The lowest BCUT2D eigenvalue weighted by molar-refractivity contribution is -0.125. The molecule has 2 N–H and O–H groups in total. The highest BCUT2D eigenvalue weighted by Crippen LogP contribution is 2.24. The Labute approximate surface area is 140 Å². The largest absolute Gasteiger partial charge is 0.453 e. The smallest absolute Gasteiger partial charge is 0.223 e. The van der Waals surface area contributed by atoms with E-state index in [1.54, 1.807) is 30.5 Å². The Hall–Kier alpha value is -2.47. The number of halogens is 1. The fourth-order valence-electron chi connectivity index (χ4n) is 2.69. The van der Waals surface area contributed by atoms with Gasteiger partial charge in [-0.1, -0.05) is 6.07 Å². The van der Waals surface area contributed by atoms with Crippen molar-refractivity contribution < 1.29 is 13.9 Å². The molecule has 0 spiro atoms. The second-order valence-corrected chi connectivity index (χ2v) is 5.80. The van der Waals surface area contributed by atoms with Gasteiger partial charge in [-0.3, -0.25) is 9.78 Å². The summed E-state index contributed by atoms with van der Waals surface area (Å²) in [5.41, 5.74) is 0.702. The third kappa shape index (κ3) is 4.29. The first-order chi connectivity index (χ1) is 11.7. The fourth-order valence-corrected chi connectivity index (χ4v) is 2.69. The van der Waals surface area contributed by atoms with Gasteiger partial charge in [0, 0.05) is 18.7 Å². The summed E-state index contributed by atoms with van der Waals surface area (Å²) in [6.45, 7) is 2.05. The van der Waals surface area contributed by atoms with Crippen molar-refractivity contribution in [3.8, 4) is 11.5 Å². The van der Waals surface area contributed by atoms with Crippen molar-refractivity contribution >= 4 is 5.91 Å². The van der Waals surface area contributed by atoms with Crippen molar-refractivity contribution in [2.45, 2.75) is 19.4 Å². The number of carbonyl (C=O) groups is 1. The first kappa shape index (κ1) is 16.4. The summed E-state index contributed by atoms with van der Waals surface area (Å²) in [4.78, 5) is 16.0. The minimum Gasteiger partial charge on any atom is -0.453 e. The number of aromatic nitrogens is 1. The lowest BCUT2D eigenvalue weighted by atomic mass is 9.97. The summed E-state index contributed by atoms with van der Waals surface area (Å²) in [5.74, 6) is 0.226. The van der Waals surface area contributed by atoms with Gasteiger partial charge in [-0.25, -0.2) is 4.39 Å². The molecule has 1 saturated heterocycles. The lowest BCUT2D eigenvalue weighted by Crippen LogP contribution is -2.37. The van der Waals surface area contributed by atoms with Crippen LogP contribution in [0.2, 0.25) is 0 Å². The summed E-state index contributed by atoms with van der Waals surface area (Å²) in [5, 5.41) is 6.11. The third-order valence-corrected chi connectivity index (χ3v) is 4.04. The van der Waals surface area contributed by atoms with Crippen LogP contribution in [0.5, 0.6) is 11.5 Å². The topological polar surface area (TPSA) is 63.2 Å². The van der Waals surface area contributed by atoms with E-state index in [0.717, 1.165) is 25.9 Å². The van der Waals surface area contributed by atoms with Crippen LogP contribution in [0, 0.1) is 11.7 Å². The van der Waals surface area contributed by atoms with Crippen molar-refractivity contribution in [1.82, 2.24) is 15.6 Å². The summed E-state index contributed by atoms with van der Waals surface area (Å²) >= 11 is 0. The summed E-state index contributed by atoms with van der Waals surface area (Å²) in [6.07, 6.45) is 4.83. The molecular formula is C18H20FN3O2. The van der Waals surface area contributed by atoms with E-state index in [0.29, 0.717) is 17.9 Å². The monoisotopic (exact) mass is 329 g/mol. The summed E-state index contributed by atoms with van der Waals surface area (Å²) < 4.78 is 19.6. The minimum absolute atomic E-state index is 0.0348. The Morgan fingerprint density at radius 2 is 2.17 bits per heavy atom. The van der Waals surface area contributed by atoms with Crippen molar-refractivity contribution in [2.75, 3.05) is 13.1 Å². The first-order valence-corrected chi connectivity index (χ1v) is 8.07. The Morgan fingerprint density at radius 1 is 1.33 bits per heavy atom. The number of carbonyl (C=O) groups excluding carboxylic acids is 1. The molecule has 1 aromatic heterocycles. The van der Waals surface area contributed by atoms with Crippen LogP contribution >= 0.6 is 0 Å². The molecule has 0 bridgehead atoms. The molecule has 2 heterocycles. The van der Waals surface area contributed by atoms with Crippen LogP contribution in [0.3, 0.4) is 0 Å². The van der Waals surface area contributed by atoms with Crippen molar-refractivity contribution in [1.29, 1.82) is 0 Å². The van der Waals surface area contributed by atoms with Crippen LogP contribution in [0.25, 0.3) is 0 Å². The number of amides is 1. The fraction of sp³-hybridized carbons (Fsp3) is 0.333. The highest BCUT2D eigenvalue weighted by Gasteiger charge is 2.20. The summed E-state index contributed by atoms with van der Waals surface area (Å²) in [6, 6.07) is 8.12. The van der Waals surface area contributed by atoms with Crippen LogP contribution in [-0.2, 0) is 11.3 Å². The van der Waals surface area contributed by atoms with Gasteiger partial charge < -0.3 is 15.4 Å². The zero-order valence-electron chi connectivity index (χ0n) is 13.3. The van der Waals surface area contributed by atoms with Gasteiger partial charge in [0.1, 0.15) is 5.75 Å². The Bertz CT molecular complexity index is 688. The van der Waals surface area contributed by atoms with E-state index >= 15 is 0 Å². The summed E-state index contributed by atoms with van der Waals surface area (Å²) in [7, 11) is 0. The van der Waals surface area contributed by atoms with Crippen LogP contribution in [-0.4, -0.2) is 24.0 Å². The van der Waals surface area contributed by atoms with Crippen molar-refractivity contribution in [2.24, 2.45) is 5.92 Å². The maximum Gasteiger partial charge on any atom is 0.223 e. The molecule has 1 aliphatic heterocycles. The lowest BCUT2D eigenvalue weighted by Gasteiger charge is -2.21. The Morgan fingerprint density at radius 3 is 2.88 bits per heavy atom. The number of hydrogen-bond donors (Lipinski definition) is 2. The quantitative estimate of drug-likeness (QED) is 0.885. The Kier molecular flexibility index (Phi) is 5.38. The molecule has 126 valence electrons. The van der Waals surface area contributed by atoms with Crippen LogP contribution in [0.15, 0.2) is 42.7 Å². The average molecular weight is 329 g/mol. The molecule has 1 fully saturated rings. The standard InChI is InChI=1S/C18H20FN3O2/c19-16-10-13(11-22-18(23)14-5-8-20-9-6-14)3-4-17(16)24-15-2-1-7-21-12-15/h1-4,7,10,12,14,20H,5-6,8-9,11H2,(H,22,23). The van der Waals surface area contributed by atoms with E-state index in [9.17, 15) is 9.18 Å². The van der Waals surface area contributed by atoms with Gasteiger partial charge >= 0.3 is 0 Å². The van der Waals surface area contributed by atoms with E-state index in [1.807, 2.05) is 0 Å². The second-order valence-electron chi connectivity index (χ2n) is 5.80. The molecule has 3 rings (SSSR count). The van der Waals surface area contributed by atoms with Gasteiger partial charge in [-0.15, -0.1) is 0 Å². The normalized spacial score (nSPS) is 15.0. The maximum absolute atomic E-state index is 14.1. The van der Waals surface area contributed by atoms with Gasteiger partial charge in [0.05, 0.1) is 6.20 Å². The van der Waals surface area contributed by atoms with Crippen LogP contribution < -0.4 is 15.4 Å². The Balaban J connectivity index is 1.57. The van der Waals surface area contributed by atoms with E-state index in [4.69, 9.17) is 4.74 Å². The van der Waals surface area contributed by atoms with Crippen molar-refractivity contribution in [3.05, 3.63) is 54.1 Å². The molecule has 0 saturated carbocycles. The average Bonchev–Trinajstić information content (AvgIpc) is 2.63. The van der Waals surface area contributed by atoms with E-state index in [1.165, 1.54) is 12.3 Å². The van der Waals surface area contributed by atoms with E-state index < -0.39 is 5.82 Å². The van der Waals surface area contributed by atoms with Gasteiger partial charge in [-0.2, -0.15) is 0 Å². The molecule has 24 heavy (non-hydrogen) atoms. The molecule has 5 nitrogen and oxygen atoms in total. The van der Waals surface area contributed by atoms with E-state index in [-0.39, 0.29) is 17.6 Å². The third-order valence-electron chi connectivity index (χ3n) is 4.04. The molecule has 0 unspecified atom stereocenters. The van der Waals surface area contributed by atoms with E-state index in [2.05, 4.69) is 15.6 Å². The molecule has 6 heteroatoms. The molecule has 1 aliphatic rings. The number of ether oxygens (including phenoxy) is 1.